The predicted octanol–water partition coefficient (Wildman–Crippen LogP) is 3.90. The highest BCUT2D eigenvalue weighted by Crippen LogP contribution is 2.69. The van der Waals surface area contributed by atoms with Crippen molar-refractivity contribution < 1.29 is 43.2 Å². The minimum atomic E-state index is -2.43. The number of aliphatic hydroxyl groups is 1. The molecule has 0 aromatic heterocycles. The molecule has 7 aliphatic rings. The second-order valence-electron chi connectivity index (χ2n) is 14.0. The van der Waals surface area contributed by atoms with E-state index in [1.165, 1.54) is 6.08 Å². The third kappa shape index (κ3) is 3.47. The summed E-state index contributed by atoms with van der Waals surface area (Å²) in [4.78, 5) is 57.3. The molecule has 4 bridgehead atoms. The molecule has 2 saturated heterocycles. The van der Waals surface area contributed by atoms with Crippen molar-refractivity contribution in [1.82, 2.24) is 0 Å². The number of ether oxygens (including phenoxy) is 4. The molecule has 0 aromatic carbocycles. The monoisotopic (exact) mass is 578 g/mol. The van der Waals surface area contributed by atoms with Gasteiger partial charge in [-0.15, -0.1) is 0 Å². The Hall–Kier alpha value is -3.14. The van der Waals surface area contributed by atoms with Gasteiger partial charge in [-0.25, -0.2) is 4.79 Å². The molecule has 3 heterocycles. The Kier molecular flexibility index (Phi) is 5.85. The van der Waals surface area contributed by atoms with Crippen LogP contribution in [0.5, 0.6) is 0 Å². The SMILES string of the molecule is CC(C)=CC[C@@H]1C(=O)C2=C(OC(C)(C)C=C2)C(=O)[C@@]12OC(=O)C1=C[C@]3(O)C[C@H]4C(C)(C)O[C@@](CC=C(C)C)(C3=O)[C@@]14O2. The molecule has 42 heavy (non-hydrogen) atoms. The maximum atomic E-state index is 14.6. The molecule has 6 atom stereocenters. The van der Waals surface area contributed by atoms with Crippen LogP contribution in [-0.4, -0.2) is 62.2 Å². The molecule has 0 radical (unpaired) electrons. The molecular weight excluding hydrogens is 540 g/mol. The van der Waals surface area contributed by atoms with Crippen molar-refractivity contribution in [2.24, 2.45) is 11.8 Å². The summed E-state index contributed by atoms with van der Waals surface area (Å²) in [5, 5.41) is 11.6. The second-order valence-corrected chi connectivity index (χ2v) is 14.0. The lowest BCUT2D eigenvalue weighted by Crippen LogP contribution is -2.80. The van der Waals surface area contributed by atoms with E-state index in [9.17, 15) is 24.3 Å². The summed E-state index contributed by atoms with van der Waals surface area (Å²) in [6.07, 6.45) is 8.02. The van der Waals surface area contributed by atoms with E-state index >= 15 is 0 Å². The van der Waals surface area contributed by atoms with Gasteiger partial charge in [0.2, 0.25) is 5.78 Å². The van der Waals surface area contributed by atoms with Gasteiger partial charge in [0.1, 0.15) is 16.8 Å². The summed E-state index contributed by atoms with van der Waals surface area (Å²) < 4.78 is 25.6. The van der Waals surface area contributed by atoms with E-state index in [1.807, 2.05) is 27.7 Å². The molecule has 224 valence electrons. The van der Waals surface area contributed by atoms with Crippen LogP contribution in [-0.2, 0) is 38.1 Å². The number of hydrogen-bond donors (Lipinski definition) is 1. The number of rotatable bonds is 4. The van der Waals surface area contributed by atoms with Gasteiger partial charge in [0.25, 0.3) is 11.6 Å². The van der Waals surface area contributed by atoms with Crippen LogP contribution in [0.25, 0.3) is 0 Å². The quantitative estimate of drug-likeness (QED) is 0.391. The van der Waals surface area contributed by atoms with Gasteiger partial charge in [0.15, 0.2) is 17.1 Å². The first-order valence-electron chi connectivity index (χ1n) is 14.5. The van der Waals surface area contributed by atoms with E-state index in [0.29, 0.717) is 0 Å². The minimum absolute atomic E-state index is 0.0158. The van der Waals surface area contributed by atoms with Crippen LogP contribution in [0.4, 0.5) is 0 Å². The van der Waals surface area contributed by atoms with Crippen molar-refractivity contribution in [3.05, 3.63) is 58.4 Å². The predicted molar refractivity (Wildman–Crippen MR) is 150 cm³/mol. The molecule has 7 rings (SSSR count). The largest absolute Gasteiger partial charge is 0.479 e. The fourth-order valence-corrected chi connectivity index (χ4v) is 7.71. The van der Waals surface area contributed by atoms with Gasteiger partial charge in [-0.05, 0) is 86.5 Å². The maximum absolute atomic E-state index is 14.6. The molecule has 9 nitrogen and oxygen atoms in total. The Labute approximate surface area is 245 Å². The minimum Gasteiger partial charge on any atom is -0.479 e. The number of Topliss-reactive ketones (excluding diaryl/α,β-unsaturated/α-hetero) is 3. The van der Waals surface area contributed by atoms with Gasteiger partial charge in [-0.2, -0.15) is 0 Å². The van der Waals surface area contributed by atoms with Crippen LogP contribution < -0.4 is 0 Å². The molecule has 1 saturated carbocycles. The third-order valence-electron chi connectivity index (χ3n) is 9.59. The van der Waals surface area contributed by atoms with Gasteiger partial charge < -0.3 is 24.1 Å². The molecule has 0 unspecified atom stereocenters. The average molecular weight is 579 g/mol. The molecule has 3 fully saturated rings. The Morgan fingerprint density at radius 3 is 2.29 bits per heavy atom. The van der Waals surface area contributed by atoms with Crippen LogP contribution in [0.1, 0.15) is 74.7 Å². The first-order valence-corrected chi connectivity index (χ1v) is 14.5. The Morgan fingerprint density at radius 1 is 0.976 bits per heavy atom. The van der Waals surface area contributed by atoms with Gasteiger partial charge in [0, 0.05) is 12.3 Å². The molecular formula is C33H38O9. The Bertz CT molecular complexity index is 1510. The highest BCUT2D eigenvalue weighted by Gasteiger charge is 2.86. The maximum Gasteiger partial charge on any atom is 0.339 e. The third-order valence-corrected chi connectivity index (χ3v) is 9.59. The summed E-state index contributed by atoms with van der Waals surface area (Å²) in [5.74, 6) is -7.49. The van der Waals surface area contributed by atoms with E-state index in [4.69, 9.17) is 18.9 Å². The van der Waals surface area contributed by atoms with Crippen molar-refractivity contribution in [3.63, 3.8) is 0 Å². The standard InChI is InChI=1S/C33H38O9/c1-17(2)9-10-20-23(34)19-12-13-28(5,6)39-24(19)25(35)33(20)40-26(36)21-15-30(38)16-22-29(7,8)41-31(27(30)37,14-11-18(3)4)32(21,22)42-33/h9,11-13,15,20,22,38H,10,14,16H2,1-8H3/t20-,22+,30+,31+,32-,33-/m1/s1. The highest BCUT2D eigenvalue weighted by atomic mass is 16.8. The van der Waals surface area contributed by atoms with Crippen LogP contribution in [0.15, 0.2) is 58.4 Å². The second kappa shape index (κ2) is 8.49. The van der Waals surface area contributed by atoms with Gasteiger partial charge in [-0.3, -0.25) is 14.4 Å². The number of esters is 1. The highest BCUT2D eigenvalue weighted by molar-refractivity contribution is 6.19. The summed E-state index contributed by atoms with van der Waals surface area (Å²) in [6.45, 7) is 14.5. The van der Waals surface area contributed by atoms with Crippen LogP contribution in [0.3, 0.4) is 0 Å². The fourth-order valence-electron chi connectivity index (χ4n) is 7.71. The molecule has 3 aliphatic heterocycles. The smallest absolute Gasteiger partial charge is 0.339 e. The molecule has 4 aliphatic carbocycles. The lowest BCUT2D eigenvalue weighted by Gasteiger charge is -2.61. The molecule has 2 spiro atoms. The lowest BCUT2D eigenvalue weighted by atomic mass is 9.50. The van der Waals surface area contributed by atoms with Crippen molar-refractivity contribution in [3.8, 4) is 0 Å². The van der Waals surface area contributed by atoms with Crippen LogP contribution in [0.2, 0.25) is 0 Å². The van der Waals surface area contributed by atoms with Gasteiger partial charge in [-0.1, -0.05) is 23.3 Å². The molecule has 9 heteroatoms. The zero-order chi connectivity index (χ0) is 30.8. The molecule has 1 N–H and O–H groups in total. The summed E-state index contributed by atoms with van der Waals surface area (Å²) in [6, 6.07) is 0. The van der Waals surface area contributed by atoms with Crippen molar-refractivity contribution in [2.45, 2.75) is 108 Å². The average Bonchev–Trinajstić information content (AvgIpc) is 3.03. The van der Waals surface area contributed by atoms with Gasteiger partial charge >= 0.3 is 5.97 Å². The zero-order valence-corrected chi connectivity index (χ0v) is 25.4. The van der Waals surface area contributed by atoms with Crippen molar-refractivity contribution in [1.29, 1.82) is 0 Å². The van der Waals surface area contributed by atoms with E-state index in [0.717, 1.165) is 11.1 Å². The van der Waals surface area contributed by atoms with E-state index in [2.05, 4.69) is 0 Å². The van der Waals surface area contributed by atoms with Crippen LogP contribution in [0, 0.1) is 11.8 Å². The van der Waals surface area contributed by atoms with E-state index in [1.54, 1.807) is 52.0 Å². The molecule has 0 amide bonds. The van der Waals surface area contributed by atoms with Crippen molar-refractivity contribution in [2.75, 3.05) is 0 Å². The first-order chi connectivity index (χ1) is 19.4. The topological polar surface area (TPSA) is 125 Å². The Balaban J connectivity index is 1.63. The normalized spacial score (nSPS) is 40.3. The number of carbonyl (C=O) groups excluding carboxylic acids is 4. The van der Waals surface area contributed by atoms with Crippen molar-refractivity contribution >= 4 is 23.3 Å². The number of hydrogen-bond acceptors (Lipinski definition) is 9. The lowest BCUT2D eigenvalue weighted by molar-refractivity contribution is -0.320. The Morgan fingerprint density at radius 2 is 1.64 bits per heavy atom. The first kappa shape index (κ1) is 29.0. The summed E-state index contributed by atoms with van der Waals surface area (Å²) >= 11 is 0. The zero-order valence-electron chi connectivity index (χ0n) is 25.4. The number of carbonyl (C=O) groups is 4. The number of ketones is 3. The fraction of sp³-hybridized carbons (Fsp3) is 0.576. The van der Waals surface area contributed by atoms with E-state index in [-0.39, 0.29) is 36.2 Å². The van der Waals surface area contributed by atoms with E-state index < -0.39 is 68.9 Å². The van der Waals surface area contributed by atoms with Crippen LogP contribution >= 0.6 is 0 Å². The number of allylic oxidation sites excluding steroid dienone is 5. The summed E-state index contributed by atoms with van der Waals surface area (Å²) in [7, 11) is 0. The van der Waals surface area contributed by atoms with Gasteiger partial charge in [0.05, 0.1) is 22.7 Å². The summed E-state index contributed by atoms with van der Waals surface area (Å²) in [5.41, 5.74) is -5.81. The molecule has 0 aromatic rings.